The molecule has 0 amide bonds. The molecule has 4 nitrogen and oxygen atoms in total. The van der Waals surface area contributed by atoms with Crippen LogP contribution >= 0.6 is 0 Å². The molecule has 0 aliphatic carbocycles. The van der Waals surface area contributed by atoms with Crippen molar-refractivity contribution in [2.75, 3.05) is 0 Å². The molecule has 174 valence electrons. The van der Waals surface area contributed by atoms with E-state index in [1.807, 2.05) is 6.92 Å². The van der Waals surface area contributed by atoms with Gasteiger partial charge in [-0.3, -0.25) is 0 Å². The number of benzene rings is 1. The second-order valence-electron chi connectivity index (χ2n) is 8.44. The van der Waals surface area contributed by atoms with Crippen LogP contribution in [0, 0.1) is 0 Å². The highest BCUT2D eigenvalue weighted by Crippen LogP contribution is 2.15. The normalized spacial score (nSPS) is 12.2. The molecule has 1 unspecified atom stereocenters. The van der Waals surface area contributed by atoms with E-state index in [1.165, 1.54) is 82.8 Å². The van der Waals surface area contributed by atoms with Crippen molar-refractivity contribution in [1.82, 2.24) is 0 Å². The van der Waals surface area contributed by atoms with Gasteiger partial charge in [-0.25, -0.2) is 9.59 Å². The third-order valence-corrected chi connectivity index (χ3v) is 5.56. The van der Waals surface area contributed by atoms with Gasteiger partial charge in [0.15, 0.2) is 0 Å². The molecule has 0 fully saturated rings. The van der Waals surface area contributed by atoms with Crippen molar-refractivity contribution in [2.24, 2.45) is 0 Å². The van der Waals surface area contributed by atoms with E-state index in [-0.39, 0.29) is 17.2 Å². The first kappa shape index (κ1) is 26.9. The quantitative estimate of drug-likeness (QED) is 0.146. The summed E-state index contributed by atoms with van der Waals surface area (Å²) < 4.78 is 5.43. The van der Waals surface area contributed by atoms with E-state index in [4.69, 9.17) is 4.74 Å². The van der Waals surface area contributed by atoms with E-state index in [0.29, 0.717) is 0 Å². The lowest BCUT2D eigenvalue weighted by molar-refractivity contribution is 0.0313. The zero-order valence-corrected chi connectivity index (χ0v) is 19.6. The Morgan fingerprint density at radius 2 is 1.35 bits per heavy atom. The van der Waals surface area contributed by atoms with Gasteiger partial charge in [-0.1, -0.05) is 82.6 Å². The number of esters is 1. The number of hydrogen-bond acceptors (Lipinski definition) is 3. The first-order chi connectivity index (χ1) is 15.1. The van der Waals surface area contributed by atoms with Gasteiger partial charge in [0.1, 0.15) is 0 Å². The van der Waals surface area contributed by atoms with Gasteiger partial charge in [0.05, 0.1) is 17.2 Å². The summed E-state index contributed by atoms with van der Waals surface area (Å²) in [6.45, 7) is 4.13. The molecule has 0 heterocycles. The highest BCUT2D eigenvalue weighted by atomic mass is 16.5. The van der Waals surface area contributed by atoms with Crippen LogP contribution in [0.4, 0.5) is 0 Å². The molecule has 0 saturated carbocycles. The molecule has 1 rings (SSSR count). The number of ether oxygens (including phenoxy) is 1. The van der Waals surface area contributed by atoms with Crippen LogP contribution < -0.4 is 0 Å². The van der Waals surface area contributed by atoms with E-state index in [2.05, 4.69) is 19.1 Å². The lowest BCUT2D eigenvalue weighted by atomic mass is 10.1. The molecule has 31 heavy (non-hydrogen) atoms. The monoisotopic (exact) mass is 430 g/mol. The highest BCUT2D eigenvalue weighted by molar-refractivity contribution is 6.02. The molecular weight excluding hydrogens is 388 g/mol. The van der Waals surface area contributed by atoms with Crippen molar-refractivity contribution in [3.63, 3.8) is 0 Å². The SMILES string of the molecule is CCCCCCCC/C=C\CCCCCCCC(C)OC(=O)c1ccccc1C(=O)O. The van der Waals surface area contributed by atoms with Gasteiger partial charge in [-0.15, -0.1) is 0 Å². The van der Waals surface area contributed by atoms with Gasteiger partial charge in [-0.2, -0.15) is 0 Å². The molecule has 0 spiro atoms. The Kier molecular flexibility index (Phi) is 15.3. The van der Waals surface area contributed by atoms with E-state index < -0.39 is 11.9 Å². The summed E-state index contributed by atoms with van der Waals surface area (Å²) in [7, 11) is 0. The highest BCUT2D eigenvalue weighted by Gasteiger charge is 2.18. The van der Waals surface area contributed by atoms with E-state index >= 15 is 0 Å². The van der Waals surface area contributed by atoms with Crippen molar-refractivity contribution in [3.05, 3.63) is 47.5 Å². The number of carbonyl (C=O) groups excluding carboxylic acids is 1. The van der Waals surface area contributed by atoms with Crippen LogP contribution in [-0.4, -0.2) is 23.1 Å². The van der Waals surface area contributed by atoms with Crippen molar-refractivity contribution in [3.8, 4) is 0 Å². The zero-order chi connectivity index (χ0) is 22.7. The molecule has 0 aliphatic heterocycles. The van der Waals surface area contributed by atoms with Crippen LogP contribution in [0.2, 0.25) is 0 Å². The third-order valence-electron chi connectivity index (χ3n) is 5.56. The van der Waals surface area contributed by atoms with E-state index in [1.54, 1.807) is 12.1 Å². The summed E-state index contributed by atoms with van der Waals surface area (Å²) in [5.41, 5.74) is 0.104. The van der Waals surface area contributed by atoms with Crippen molar-refractivity contribution >= 4 is 11.9 Å². The second-order valence-corrected chi connectivity index (χ2v) is 8.44. The van der Waals surface area contributed by atoms with Gasteiger partial charge in [0.25, 0.3) is 0 Å². The van der Waals surface area contributed by atoms with Gasteiger partial charge in [0, 0.05) is 0 Å². The number of carbonyl (C=O) groups is 2. The Bertz CT molecular complexity index is 650. The Hall–Kier alpha value is -2.10. The predicted octanol–water partition coefficient (Wildman–Crippen LogP) is 7.97. The number of hydrogen-bond donors (Lipinski definition) is 1. The minimum Gasteiger partial charge on any atom is -0.478 e. The molecule has 1 aromatic carbocycles. The Morgan fingerprint density at radius 3 is 1.94 bits per heavy atom. The fraction of sp³-hybridized carbons (Fsp3) is 0.630. The van der Waals surface area contributed by atoms with Gasteiger partial charge >= 0.3 is 11.9 Å². The Balaban J connectivity index is 2.02. The molecule has 0 radical (unpaired) electrons. The lowest BCUT2D eigenvalue weighted by Crippen LogP contribution is -2.17. The van der Waals surface area contributed by atoms with Gasteiger partial charge < -0.3 is 9.84 Å². The average molecular weight is 431 g/mol. The number of allylic oxidation sites excluding steroid dienone is 2. The fourth-order valence-corrected chi connectivity index (χ4v) is 3.66. The molecule has 0 saturated heterocycles. The maximum Gasteiger partial charge on any atom is 0.339 e. The zero-order valence-electron chi connectivity index (χ0n) is 19.6. The summed E-state index contributed by atoms with van der Waals surface area (Å²) in [4.78, 5) is 23.5. The molecule has 0 aromatic heterocycles. The van der Waals surface area contributed by atoms with Crippen LogP contribution in [0.5, 0.6) is 0 Å². The van der Waals surface area contributed by atoms with Crippen LogP contribution in [-0.2, 0) is 4.74 Å². The van der Waals surface area contributed by atoms with Crippen molar-refractivity contribution < 1.29 is 19.4 Å². The molecule has 4 heteroatoms. The minimum atomic E-state index is -1.11. The third kappa shape index (κ3) is 13.0. The van der Waals surface area contributed by atoms with Gasteiger partial charge in [0.2, 0.25) is 0 Å². The summed E-state index contributed by atoms with van der Waals surface area (Å²) in [6, 6.07) is 6.18. The predicted molar refractivity (Wildman–Crippen MR) is 128 cm³/mol. The minimum absolute atomic E-state index is 0.0132. The fourth-order valence-electron chi connectivity index (χ4n) is 3.66. The second kappa shape index (κ2) is 17.6. The van der Waals surface area contributed by atoms with Crippen LogP contribution in [0.1, 0.15) is 124 Å². The summed E-state index contributed by atoms with van der Waals surface area (Å²) in [5, 5.41) is 9.19. The molecule has 0 aliphatic rings. The summed E-state index contributed by atoms with van der Waals surface area (Å²) in [5.74, 6) is -1.67. The van der Waals surface area contributed by atoms with Gasteiger partial charge in [-0.05, 0) is 57.6 Å². The number of unbranched alkanes of at least 4 members (excludes halogenated alkanes) is 11. The van der Waals surface area contributed by atoms with Crippen LogP contribution in [0.25, 0.3) is 0 Å². The number of aromatic carboxylic acids is 1. The molecule has 1 atom stereocenters. The Morgan fingerprint density at radius 1 is 0.839 bits per heavy atom. The molecular formula is C27H42O4. The van der Waals surface area contributed by atoms with Crippen LogP contribution in [0.15, 0.2) is 36.4 Å². The first-order valence-electron chi connectivity index (χ1n) is 12.2. The summed E-state index contributed by atoms with van der Waals surface area (Å²) >= 11 is 0. The van der Waals surface area contributed by atoms with E-state index in [0.717, 1.165) is 19.3 Å². The largest absolute Gasteiger partial charge is 0.478 e. The average Bonchev–Trinajstić information content (AvgIpc) is 2.76. The topological polar surface area (TPSA) is 63.6 Å². The standard InChI is InChI=1S/C27H42O4/c1-3-4-5-6-7-8-9-10-11-12-13-14-15-16-17-20-23(2)31-27(30)25-22-19-18-21-24(25)26(28)29/h10-11,18-19,21-23H,3-9,12-17,20H2,1-2H3,(H,28,29)/b11-10-. The number of rotatable bonds is 18. The summed E-state index contributed by atoms with van der Waals surface area (Å²) in [6.07, 6.45) is 21.7. The van der Waals surface area contributed by atoms with E-state index in [9.17, 15) is 14.7 Å². The van der Waals surface area contributed by atoms with Crippen molar-refractivity contribution in [2.45, 2.75) is 110 Å². The molecule has 1 N–H and O–H groups in total. The number of carboxylic acids is 1. The maximum absolute atomic E-state index is 12.2. The van der Waals surface area contributed by atoms with Crippen molar-refractivity contribution in [1.29, 1.82) is 0 Å². The molecule has 1 aromatic rings. The Labute approximate surface area is 189 Å². The smallest absolute Gasteiger partial charge is 0.339 e. The lowest BCUT2D eigenvalue weighted by Gasteiger charge is -2.14. The van der Waals surface area contributed by atoms with Crippen LogP contribution in [0.3, 0.4) is 0 Å². The first-order valence-corrected chi connectivity index (χ1v) is 12.2. The maximum atomic E-state index is 12.2. The molecule has 0 bridgehead atoms. The number of carboxylic acid groups (broad SMARTS) is 1.